The lowest BCUT2D eigenvalue weighted by molar-refractivity contribution is 0.277. The van der Waals surface area contributed by atoms with Gasteiger partial charge in [-0.15, -0.1) is 11.3 Å². The fourth-order valence-corrected chi connectivity index (χ4v) is 5.12. The molecular formula is C13H17N3O3S2. The summed E-state index contributed by atoms with van der Waals surface area (Å²) in [5, 5.41) is 17.7. The summed E-state index contributed by atoms with van der Waals surface area (Å²) < 4.78 is 27.8. The third-order valence-corrected chi connectivity index (χ3v) is 6.24. The molecule has 0 saturated heterocycles. The Bertz CT molecular complexity index is 749. The number of thiophene rings is 1. The Morgan fingerprint density at radius 3 is 3.14 bits per heavy atom. The van der Waals surface area contributed by atoms with E-state index in [9.17, 15) is 13.5 Å². The molecule has 2 heterocycles. The maximum absolute atomic E-state index is 12.5. The van der Waals surface area contributed by atoms with Gasteiger partial charge < -0.3 is 5.11 Å². The number of aryl methyl sites for hydroxylation is 2. The summed E-state index contributed by atoms with van der Waals surface area (Å²) in [6.45, 7) is 1.34. The second-order valence-corrected chi connectivity index (χ2v) is 7.79. The molecule has 1 aliphatic rings. The van der Waals surface area contributed by atoms with Crippen LogP contribution in [0, 0.1) is 6.92 Å². The lowest BCUT2D eigenvalue weighted by atomic mass is 9.95. The van der Waals surface area contributed by atoms with Crippen LogP contribution in [0.5, 0.6) is 0 Å². The Kier molecular flexibility index (Phi) is 3.87. The van der Waals surface area contributed by atoms with E-state index < -0.39 is 10.0 Å². The number of sulfonamides is 1. The van der Waals surface area contributed by atoms with Gasteiger partial charge in [0.2, 0.25) is 0 Å². The summed E-state index contributed by atoms with van der Waals surface area (Å²) in [6.07, 6.45) is 2.75. The largest absolute Gasteiger partial charge is 0.392 e. The van der Waals surface area contributed by atoms with Crippen molar-refractivity contribution in [3.8, 4) is 0 Å². The monoisotopic (exact) mass is 327 g/mol. The Balaban J connectivity index is 1.91. The molecule has 0 bridgehead atoms. The van der Waals surface area contributed by atoms with Gasteiger partial charge in [0.15, 0.2) is 5.03 Å². The summed E-state index contributed by atoms with van der Waals surface area (Å²) in [4.78, 5) is 1.24. The van der Waals surface area contributed by atoms with E-state index >= 15 is 0 Å². The topological polar surface area (TPSA) is 95.1 Å². The van der Waals surface area contributed by atoms with Crippen molar-refractivity contribution >= 4 is 21.4 Å². The molecule has 0 aliphatic heterocycles. The summed E-state index contributed by atoms with van der Waals surface area (Å²) in [5.41, 5.74) is 1.95. The minimum Gasteiger partial charge on any atom is -0.392 e. The molecule has 6 nitrogen and oxygen atoms in total. The fourth-order valence-electron chi connectivity index (χ4n) is 2.69. The van der Waals surface area contributed by atoms with E-state index in [1.165, 1.54) is 4.88 Å². The third-order valence-electron chi connectivity index (χ3n) is 3.80. The Hall–Kier alpha value is -1.22. The van der Waals surface area contributed by atoms with Crippen LogP contribution in [0.2, 0.25) is 0 Å². The minimum atomic E-state index is -3.75. The fraction of sp³-hybridized carbons (Fsp3) is 0.462. The Labute approximate surface area is 127 Å². The molecule has 8 heteroatoms. The van der Waals surface area contributed by atoms with Crippen molar-refractivity contribution < 1.29 is 13.5 Å². The first-order valence-electron chi connectivity index (χ1n) is 6.76. The molecule has 0 saturated carbocycles. The minimum absolute atomic E-state index is 0.107. The molecule has 2 aromatic rings. The van der Waals surface area contributed by atoms with Crippen LogP contribution in [0.25, 0.3) is 0 Å². The number of hydrogen-bond donors (Lipinski definition) is 3. The maximum atomic E-state index is 12.5. The van der Waals surface area contributed by atoms with Crippen LogP contribution in [-0.4, -0.2) is 23.7 Å². The molecule has 0 spiro atoms. The van der Waals surface area contributed by atoms with E-state index in [1.54, 1.807) is 18.3 Å². The first-order chi connectivity index (χ1) is 10.0. The molecule has 1 unspecified atom stereocenters. The molecule has 0 amide bonds. The summed E-state index contributed by atoms with van der Waals surface area (Å²) in [7, 11) is -3.75. The first-order valence-corrected chi connectivity index (χ1v) is 9.12. The molecule has 0 radical (unpaired) electrons. The second-order valence-electron chi connectivity index (χ2n) is 5.16. The quantitative estimate of drug-likeness (QED) is 0.795. The predicted molar refractivity (Wildman–Crippen MR) is 79.6 cm³/mol. The number of nitrogens with one attached hydrogen (secondary N) is 2. The first kappa shape index (κ1) is 14.7. The van der Waals surface area contributed by atoms with Gasteiger partial charge in [-0.1, -0.05) is 0 Å². The average molecular weight is 327 g/mol. The zero-order valence-electron chi connectivity index (χ0n) is 11.6. The molecular weight excluding hydrogens is 310 g/mol. The van der Waals surface area contributed by atoms with Gasteiger partial charge in [-0.25, -0.2) is 13.1 Å². The van der Waals surface area contributed by atoms with Crippen molar-refractivity contribution in [1.82, 2.24) is 14.9 Å². The number of aromatic nitrogens is 2. The van der Waals surface area contributed by atoms with Crippen molar-refractivity contribution in [3.63, 3.8) is 0 Å². The molecule has 3 N–H and O–H groups in total. The highest BCUT2D eigenvalue weighted by molar-refractivity contribution is 7.89. The normalized spacial score (nSPS) is 18.7. The summed E-state index contributed by atoms with van der Waals surface area (Å²) >= 11 is 1.67. The predicted octanol–water partition coefficient (Wildman–Crippen LogP) is 1.63. The van der Waals surface area contributed by atoms with Gasteiger partial charge in [0.25, 0.3) is 10.0 Å². The van der Waals surface area contributed by atoms with Gasteiger partial charge in [0.1, 0.15) is 0 Å². The van der Waals surface area contributed by atoms with E-state index in [0.717, 1.165) is 24.8 Å². The van der Waals surface area contributed by atoms with Crippen molar-refractivity contribution in [2.45, 2.75) is 43.9 Å². The highest BCUT2D eigenvalue weighted by atomic mass is 32.2. The van der Waals surface area contributed by atoms with Crippen LogP contribution in [-0.2, 0) is 23.1 Å². The van der Waals surface area contributed by atoms with Crippen LogP contribution in [0.4, 0.5) is 0 Å². The van der Waals surface area contributed by atoms with E-state index in [0.29, 0.717) is 11.3 Å². The van der Waals surface area contributed by atoms with Gasteiger partial charge in [0.05, 0.1) is 6.61 Å². The number of H-pyrrole nitrogens is 1. The van der Waals surface area contributed by atoms with Gasteiger partial charge in [-0.3, -0.25) is 5.10 Å². The Morgan fingerprint density at radius 1 is 1.57 bits per heavy atom. The second kappa shape index (κ2) is 5.53. The molecule has 114 valence electrons. The number of aliphatic hydroxyl groups excluding tert-OH is 1. The highest BCUT2D eigenvalue weighted by Crippen LogP contribution is 2.34. The third kappa shape index (κ3) is 2.64. The molecule has 3 rings (SSSR count). The van der Waals surface area contributed by atoms with Crippen LogP contribution >= 0.6 is 11.3 Å². The summed E-state index contributed by atoms with van der Waals surface area (Å²) in [5.74, 6) is 0. The zero-order chi connectivity index (χ0) is 15.0. The van der Waals surface area contributed by atoms with Crippen molar-refractivity contribution in [2.24, 2.45) is 0 Å². The van der Waals surface area contributed by atoms with Crippen LogP contribution in [0.3, 0.4) is 0 Å². The van der Waals surface area contributed by atoms with E-state index in [2.05, 4.69) is 14.9 Å². The van der Waals surface area contributed by atoms with E-state index in [1.807, 2.05) is 11.4 Å². The van der Waals surface area contributed by atoms with Crippen LogP contribution < -0.4 is 4.72 Å². The van der Waals surface area contributed by atoms with Gasteiger partial charge in [0, 0.05) is 22.2 Å². The molecule has 21 heavy (non-hydrogen) atoms. The molecule has 2 aromatic heterocycles. The van der Waals surface area contributed by atoms with Crippen LogP contribution in [0.1, 0.15) is 40.6 Å². The van der Waals surface area contributed by atoms with E-state index in [-0.39, 0.29) is 17.7 Å². The SMILES string of the molecule is Cc1[nH]nc(S(=O)(=O)NC2CCCc3sccc32)c1CO. The lowest BCUT2D eigenvalue weighted by Crippen LogP contribution is -2.31. The highest BCUT2D eigenvalue weighted by Gasteiger charge is 2.29. The molecule has 1 atom stereocenters. The van der Waals surface area contributed by atoms with Gasteiger partial charge >= 0.3 is 0 Å². The molecule has 1 aliphatic carbocycles. The molecule has 0 aromatic carbocycles. The number of nitrogens with zero attached hydrogens (tertiary/aromatic N) is 1. The van der Waals surface area contributed by atoms with Crippen molar-refractivity contribution in [2.75, 3.05) is 0 Å². The van der Waals surface area contributed by atoms with E-state index in [4.69, 9.17) is 0 Å². The number of hydrogen-bond acceptors (Lipinski definition) is 5. The number of fused-ring (bicyclic) bond motifs is 1. The van der Waals surface area contributed by atoms with Crippen molar-refractivity contribution in [1.29, 1.82) is 0 Å². The average Bonchev–Trinajstić information content (AvgIpc) is 3.05. The van der Waals surface area contributed by atoms with Crippen LogP contribution in [0.15, 0.2) is 16.5 Å². The number of aliphatic hydroxyl groups is 1. The Morgan fingerprint density at radius 2 is 2.38 bits per heavy atom. The van der Waals surface area contributed by atoms with Gasteiger partial charge in [-0.05, 0) is 43.2 Å². The molecule has 0 fully saturated rings. The zero-order valence-corrected chi connectivity index (χ0v) is 13.2. The lowest BCUT2D eigenvalue weighted by Gasteiger charge is -2.23. The van der Waals surface area contributed by atoms with Crippen molar-refractivity contribution in [3.05, 3.63) is 33.1 Å². The smallest absolute Gasteiger partial charge is 0.260 e. The summed E-state index contributed by atoms with van der Waals surface area (Å²) in [6, 6.07) is 1.77. The maximum Gasteiger partial charge on any atom is 0.260 e. The van der Waals surface area contributed by atoms with Gasteiger partial charge in [-0.2, -0.15) is 5.10 Å². The number of rotatable bonds is 4. The number of aromatic amines is 1. The standard InChI is InChI=1S/C13H17N3O3S2/c1-8-10(7-17)13(15-14-8)21(18,19)16-11-3-2-4-12-9(11)5-6-20-12/h5-6,11,16-17H,2-4,7H2,1H3,(H,14,15).